The lowest BCUT2D eigenvalue weighted by Crippen LogP contribution is -2.38. The van der Waals surface area contributed by atoms with Crippen molar-refractivity contribution in [3.8, 4) is 0 Å². The highest BCUT2D eigenvalue weighted by molar-refractivity contribution is 6.08. The van der Waals surface area contributed by atoms with E-state index >= 15 is 0 Å². The molecule has 1 aliphatic heterocycles. The van der Waals surface area contributed by atoms with Crippen molar-refractivity contribution in [2.24, 2.45) is 4.99 Å². The standard InChI is InChI=1S/C16H21FN2O/c1-4-6-7-14-18-16(5-2,15(20)19(14)3)12-8-10-13(17)11-9-12/h8-11H,4-7H2,1-3H3. The van der Waals surface area contributed by atoms with E-state index in [0.29, 0.717) is 6.42 Å². The highest BCUT2D eigenvalue weighted by Crippen LogP contribution is 2.37. The van der Waals surface area contributed by atoms with Gasteiger partial charge in [0.2, 0.25) is 0 Å². The number of hydrogen-bond donors (Lipinski definition) is 0. The highest BCUT2D eigenvalue weighted by Gasteiger charge is 2.46. The van der Waals surface area contributed by atoms with Crippen LogP contribution in [0, 0.1) is 5.82 Å². The van der Waals surface area contributed by atoms with Gasteiger partial charge in [-0.2, -0.15) is 0 Å². The largest absolute Gasteiger partial charge is 0.301 e. The number of unbranched alkanes of at least 4 members (excludes halogenated alkanes) is 1. The normalized spacial score (nSPS) is 22.3. The fraction of sp³-hybridized carbons (Fsp3) is 0.500. The lowest BCUT2D eigenvalue weighted by atomic mass is 9.87. The first-order valence-electron chi connectivity index (χ1n) is 7.18. The lowest BCUT2D eigenvalue weighted by molar-refractivity contribution is -0.130. The quantitative estimate of drug-likeness (QED) is 0.810. The summed E-state index contributed by atoms with van der Waals surface area (Å²) in [6.07, 6.45) is 3.47. The fourth-order valence-electron chi connectivity index (χ4n) is 2.64. The molecule has 108 valence electrons. The van der Waals surface area contributed by atoms with Crippen molar-refractivity contribution >= 4 is 11.7 Å². The number of halogens is 1. The first kappa shape index (κ1) is 14.7. The summed E-state index contributed by atoms with van der Waals surface area (Å²) in [5.74, 6) is 0.523. The molecule has 1 heterocycles. The Morgan fingerprint density at radius 2 is 1.90 bits per heavy atom. The number of carbonyl (C=O) groups is 1. The van der Waals surface area contributed by atoms with Crippen LogP contribution in [0.5, 0.6) is 0 Å². The molecule has 3 nitrogen and oxygen atoms in total. The van der Waals surface area contributed by atoms with Gasteiger partial charge in [0.1, 0.15) is 11.7 Å². The predicted molar refractivity (Wildman–Crippen MR) is 78.1 cm³/mol. The molecule has 0 aliphatic carbocycles. The van der Waals surface area contributed by atoms with Crippen LogP contribution in [0.25, 0.3) is 0 Å². The third-order valence-corrected chi connectivity index (χ3v) is 3.95. The second-order valence-electron chi connectivity index (χ2n) is 5.22. The first-order chi connectivity index (χ1) is 9.55. The lowest BCUT2D eigenvalue weighted by Gasteiger charge is -2.24. The number of amidine groups is 1. The van der Waals surface area contributed by atoms with Gasteiger partial charge in [-0.05, 0) is 30.5 Å². The Morgan fingerprint density at radius 3 is 2.45 bits per heavy atom. The number of nitrogens with zero attached hydrogens (tertiary/aromatic N) is 2. The van der Waals surface area contributed by atoms with Crippen LogP contribution in [-0.4, -0.2) is 23.7 Å². The Bertz CT molecular complexity index is 524. The van der Waals surface area contributed by atoms with E-state index < -0.39 is 5.54 Å². The molecule has 0 radical (unpaired) electrons. The molecule has 0 fully saturated rings. The first-order valence-corrected chi connectivity index (χ1v) is 7.18. The van der Waals surface area contributed by atoms with Crippen LogP contribution >= 0.6 is 0 Å². The monoisotopic (exact) mass is 276 g/mol. The van der Waals surface area contributed by atoms with E-state index in [1.807, 2.05) is 6.92 Å². The molecule has 1 unspecified atom stereocenters. The molecule has 4 heteroatoms. The Kier molecular flexibility index (Phi) is 4.21. The van der Waals surface area contributed by atoms with Crippen molar-refractivity contribution in [1.82, 2.24) is 4.90 Å². The Balaban J connectivity index is 2.41. The maximum atomic E-state index is 13.1. The molecule has 0 saturated heterocycles. The van der Waals surface area contributed by atoms with Crippen molar-refractivity contribution < 1.29 is 9.18 Å². The van der Waals surface area contributed by atoms with E-state index in [1.165, 1.54) is 12.1 Å². The smallest absolute Gasteiger partial charge is 0.260 e. The minimum Gasteiger partial charge on any atom is -0.301 e. The maximum absolute atomic E-state index is 13.1. The van der Waals surface area contributed by atoms with Gasteiger partial charge in [-0.25, -0.2) is 4.39 Å². The van der Waals surface area contributed by atoms with Gasteiger partial charge in [-0.1, -0.05) is 32.4 Å². The van der Waals surface area contributed by atoms with E-state index in [2.05, 4.69) is 6.92 Å². The third kappa shape index (κ3) is 2.35. The Morgan fingerprint density at radius 1 is 1.25 bits per heavy atom. The SMILES string of the molecule is CCCCC1=NC(CC)(c2ccc(F)cc2)C(=O)N1C. The molecule has 1 aromatic rings. The zero-order valence-corrected chi connectivity index (χ0v) is 12.3. The van der Waals surface area contributed by atoms with E-state index in [-0.39, 0.29) is 11.7 Å². The van der Waals surface area contributed by atoms with Crippen LogP contribution in [0.4, 0.5) is 4.39 Å². The molecule has 1 amide bonds. The molecule has 0 saturated carbocycles. The van der Waals surface area contributed by atoms with Gasteiger partial charge < -0.3 is 4.90 Å². The summed E-state index contributed by atoms with van der Waals surface area (Å²) in [4.78, 5) is 19.0. The van der Waals surface area contributed by atoms with Gasteiger partial charge in [-0.3, -0.25) is 9.79 Å². The van der Waals surface area contributed by atoms with Crippen LogP contribution in [-0.2, 0) is 10.3 Å². The molecule has 20 heavy (non-hydrogen) atoms. The van der Waals surface area contributed by atoms with E-state index in [9.17, 15) is 9.18 Å². The van der Waals surface area contributed by atoms with Crippen molar-refractivity contribution in [1.29, 1.82) is 0 Å². The molecule has 0 N–H and O–H groups in total. The van der Waals surface area contributed by atoms with Gasteiger partial charge in [-0.15, -0.1) is 0 Å². The highest BCUT2D eigenvalue weighted by atomic mass is 19.1. The molecular formula is C16H21FN2O. The summed E-state index contributed by atoms with van der Waals surface area (Å²) < 4.78 is 13.1. The number of likely N-dealkylation sites (N-methyl/N-ethyl adjacent to an activating group) is 1. The summed E-state index contributed by atoms with van der Waals surface area (Å²) in [6.45, 7) is 4.06. The predicted octanol–water partition coefficient (Wildman–Crippen LogP) is 3.49. The summed E-state index contributed by atoms with van der Waals surface area (Å²) in [7, 11) is 1.78. The van der Waals surface area contributed by atoms with E-state index in [4.69, 9.17) is 4.99 Å². The van der Waals surface area contributed by atoms with Crippen LogP contribution in [0.15, 0.2) is 29.3 Å². The molecule has 0 spiro atoms. The van der Waals surface area contributed by atoms with Gasteiger partial charge in [0.05, 0.1) is 0 Å². The van der Waals surface area contributed by atoms with Crippen molar-refractivity contribution in [3.05, 3.63) is 35.6 Å². The fourth-order valence-corrected chi connectivity index (χ4v) is 2.64. The molecule has 0 aromatic heterocycles. The van der Waals surface area contributed by atoms with Crippen molar-refractivity contribution in [2.75, 3.05) is 7.05 Å². The summed E-state index contributed by atoms with van der Waals surface area (Å²) >= 11 is 0. The summed E-state index contributed by atoms with van der Waals surface area (Å²) in [6, 6.07) is 6.10. The second kappa shape index (κ2) is 5.73. The summed E-state index contributed by atoms with van der Waals surface area (Å²) in [5, 5.41) is 0. The van der Waals surface area contributed by atoms with Crippen LogP contribution in [0.1, 0.15) is 45.1 Å². The average molecular weight is 276 g/mol. The van der Waals surface area contributed by atoms with Gasteiger partial charge >= 0.3 is 0 Å². The minimum atomic E-state index is -0.870. The number of aliphatic imine (C=N–C) groups is 1. The number of hydrogen-bond acceptors (Lipinski definition) is 2. The number of rotatable bonds is 5. The zero-order chi connectivity index (χ0) is 14.8. The second-order valence-corrected chi connectivity index (χ2v) is 5.22. The summed E-state index contributed by atoms with van der Waals surface area (Å²) in [5.41, 5.74) is -0.101. The molecule has 2 rings (SSSR count). The molecule has 1 atom stereocenters. The van der Waals surface area contributed by atoms with E-state index in [0.717, 1.165) is 30.7 Å². The van der Waals surface area contributed by atoms with Gasteiger partial charge in [0, 0.05) is 13.5 Å². The van der Waals surface area contributed by atoms with Gasteiger partial charge in [0.25, 0.3) is 5.91 Å². The molecule has 1 aliphatic rings. The maximum Gasteiger partial charge on any atom is 0.260 e. The minimum absolute atomic E-state index is 0.0160. The van der Waals surface area contributed by atoms with Gasteiger partial charge in [0.15, 0.2) is 5.54 Å². The van der Waals surface area contributed by atoms with Crippen molar-refractivity contribution in [2.45, 2.75) is 45.1 Å². The molecule has 1 aromatic carbocycles. The van der Waals surface area contributed by atoms with Crippen LogP contribution in [0.3, 0.4) is 0 Å². The topological polar surface area (TPSA) is 32.7 Å². The molecular weight excluding hydrogens is 255 g/mol. The van der Waals surface area contributed by atoms with E-state index in [1.54, 1.807) is 24.1 Å². The number of carbonyl (C=O) groups excluding carboxylic acids is 1. The zero-order valence-electron chi connectivity index (χ0n) is 12.3. The Labute approximate surface area is 119 Å². The Hall–Kier alpha value is -1.71. The number of benzene rings is 1. The van der Waals surface area contributed by atoms with Crippen molar-refractivity contribution in [3.63, 3.8) is 0 Å². The molecule has 0 bridgehead atoms. The third-order valence-electron chi connectivity index (χ3n) is 3.95. The average Bonchev–Trinajstić information content (AvgIpc) is 2.71. The van der Waals surface area contributed by atoms with Crippen LogP contribution in [0.2, 0.25) is 0 Å². The van der Waals surface area contributed by atoms with Crippen LogP contribution < -0.4 is 0 Å². The number of amides is 1.